The summed E-state index contributed by atoms with van der Waals surface area (Å²) in [6.07, 6.45) is 4.29. The van der Waals surface area contributed by atoms with Crippen molar-refractivity contribution in [2.75, 3.05) is 36.0 Å². The largest absolute Gasteiger partial charge is 2.00 e. The van der Waals surface area contributed by atoms with E-state index in [2.05, 4.69) is 0 Å². The third kappa shape index (κ3) is 5.71. The van der Waals surface area contributed by atoms with Crippen molar-refractivity contribution in [1.82, 2.24) is 0 Å². The molecule has 7 heteroatoms. The number of nitrogens with zero attached hydrogens (tertiary/aromatic N) is 2. The van der Waals surface area contributed by atoms with E-state index in [1.54, 1.807) is 60.7 Å². The van der Waals surface area contributed by atoms with Crippen molar-refractivity contribution in [2.24, 2.45) is 0 Å². The third-order valence-electron chi connectivity index (χ3n) is 6.94. The van der Waals surface area contributed by atoms with E-state index in [0.29, 0.717) is 22.5 Å². The Hall–Kier alpha value is -2.83. The van der Waals surface area contributed by atoms with Gasteiger partial charge in [-0.3, -0.25) is 17.6 Å². The molecule has 2 aliphatic heterocycles. The molecule has 2 fully saturated rings. The molecule has 6 rings (SSSR count). The first-order valence-electron chi connectivity index (χ1n) is 12.4. The molecule has 2 heterocycles. The van der Waals surface area contributed by atoms with E-state index in [9.17, 15) is 17.6 Å². The zero-order valence-corrected chi connectivity index (χ0v) is 22.1. The quantitative estimate of drug-likeness (QED) is 0.148. The summed E-state index contributed by atoms with van der Waals surface area (Å²) < 4.78 is 56.6. The average molecular weight is 540 g/mol. The SMILES string of the molecule is Fc1ccc(N2CCCC2)c(F)c1-[c-]1cccc1.Fc1ccc(N2CCCC2)c(F)c1-[c-]1cccc1.[Ti+2]. The van der Waals surface area contributed by atoms with Gasteiger partial charge >= 0.3 is 21.7 Å². The average Bonchev–Trinajstić information content (AvgIpc) is 3.69. The van der Waals surface area contributed by atoms with Crippen LogP contribution in [0.3, 0.4) is 0 Å². The Balaban J connectivity index is 0.000000168. The summed E-state index contributed by atoms with van der Waals surface area (Å²) in [4.78, 5) is 3.97. The van der Waals surface area contributed by atoms with Crippen molar-refractivity contribution in [3.05, 3.63) is 96.1 Å². The maximum absolute atomic E-state index is 14.5. The van der Waals surface area contributed by atoms with Crippen molar-refractivity contribution in [2.45, 2.75) is 25.7 Å². The number of hydrogen-bond acceptors (Lipinski definition) is 2. The summed E-state index contributed by atoms with van der Waals surface area (Å²) >= 11 is 0. The molecule has 190 valence electrons. The Morgan fingerprint density at radius 3 is 1.16 bits per heavy atom. The van der Waals surface area contributed by atoms with Crippen LogP contribution in [0.15, 0.2) is 72.8 Å². The Kier molecular flexibility index (Phi) is 8.93. The van der Waals surface area contributed by atoms with Crippen LogP contribution in [0.4, 0.5) is 28.9 Å². The van der Waals surface area contributed by atoms with E-state index in [0.717, 1.165) is 51.9 Å². The number of hydrogen-bond donors (Lipinski definition) is 0. The fourth-order valence-corrected chi connectivity index (χ4v) is 5.10. The van der Waals surface area contributed by atoms with Crippen LogP contribution in [0.2, 0.25) is 0 Å². The normalized spacial score (nSPS) is 14.9. The number of benzene rings is 2. The summed E-state index contributed by atoms with van der Waals surface area (Å²) in [7, 11) is 0. The molecule has 0 N–H and O–H groups in total. The van der Waals surface area contributed by atoms with Gasteiger partial charge in [-0.1, -0.05) is 23.3 Å². The number of anilines is 2. The van der Waals surface area contributed by atoms with Crippen LogP contribution in [-0.2, 0) is 21.7 Å². The molecule has 0 atom stereocenters. The van der Waals surface area contributed by atoms with Crippen LogP contribution in [-0.4, -0.2) is 26.2 Å². The monoisotopic (exact) mass is 540 g/mol. The molecule has 0 aromatic heterocycles. The van der Waals surface area contributed by atoms with E-state index in [1.165, 1.54) is 12.1 Å². The van der Waals surface area contributed by atoms with Crippen LogP contribution in [0.1, 0.15) is 25.7 Å². The molecule has 0 aliphatic carbocycles. The molecule has 0 amide bonds. The molecule has 0 unspecified atom stereocenters. The maximum Gasteiger partial charge on any atom is 2.00 e. The van der Waals surface area contributed by atoms with Crippen LogP contribution in [0.25, 0.3) is 22.3 Å². The van der Waals surface area contributed by atoms with E-state index in [1.807, 2.05) is 9.80 Å². The molecule has 0 saturated carbocycles. The molecular weight excluding hydrogens is 512 g/mol. The van der Waals surface area contributed by atoms with Gasteiger partial charge in [0.2, 0.25) is 0 Å². The second-order valence-corrected chi connectivity index (χ2v) is 9.25. The summed E-state index contributed by atoms with van der Waals surface area (Å²) in [5, 5.41) is 0. The molecule has 4 aromatic rings. The minimum absolute atomic E-state index is 0. The van der Waals surface area contributed by atoms with Gasteiger partial charge in [0.1, 0.15) is 0 Å². The summed E-state index contributed by atoms with van der Waals surface area (Å²) in [6.45, 7) is 3.40. The van der Waals surface area contributed by atoms with Gasteiger partial charge < -0.3 is 9.80 Å². The molecule has 2 saturated heterocycles. The number of rotatable bonds is 4. The first kappa shape index (κ1) is 27.2. The maximum atomic E-state index is 14.5. The van der Waals surface area contributed by atoms with E-state index < -0.39 is 23.3 Å². The molecule has 4 aromatic carbocycles. The second kappa shape index (κ2) is 12.1. The van der Waals surface area contributed by atoms with Crippen molar-refractivity contribution < 1.29 is 39.3 Å². The van der Waals surface area contributed by atoms with Crippen molar-refractivity contribution in [3.63, 3.8) is 0 Å². The Morgan fingerprint density at radius 1 is 0.514 bits per heavy atom. The van der Waals surface area contributed by atoms with Gasteiger partial charge in [-0.05, 0) is 48.9 Å². The van der Waals surface area contributed by atoms with Gasteiger partial charge in [0.25, 0.3) is 0 Å². The Labute approximate surface area is 230 Å². The Bertz CT molecular complexity index is 1190. The molecule has 0 spiro atoms. The smallest absolute Gasteiger partial charge is 0.375 e. The minimum Gasteiger partial charge on any atom is -0.375 e. The first-order chi connectivity index (χ1) is 17.5. The van der Waals surface area contributed by atoms with E-state index >= 15 is 0 Å². The fraction of sp³-hybridized carbons (Fsp3) is 0.267. The topological polar surface area (TPSA) is 6.48 Å². The van der Waals surface area contributed by atoms with Crippen LogP contribution in [0.5, 0.6) is 0 Å². The van der Waals surface area contributed by atoms with E-state index in [-0.39, 0.29) is 32.8 Å². The molecule has 2 nitrogen and oxygen atoms in total. The predicted molar refractivity (Wildman–Crippen MR) is 138 cm³/mol. The molecule has 0 bridgehead atoms. The molecular formula is C30H28F4N2Ti. The van der Waals surface area contributed by atoms with Crippen LogP contribution >= 0.6 is 0 Å². The summed E-state index contributed by atoms with van der Waals surface area (Å²) in [5.41, 5.74) is 2.42. The van der Waals surface area contributed by atoms with Crippen molar-refractivity contribution in [3.8, 4) is 22.3 Å². The number of halogens is 4. The molecule has 0 radical (unpaired) electrons. The Morgan fingerprint density at radius 2 is 0.838 bits per heavy atom. The van der Waals surface area contributed by atoms with Gasteiger partial charge in [-0.15, -0.1) is 24.3 Å². The third-order valence-corrected chi connectivity index (χ3v) is 6.94. The van der Waals surface area contributed by atoms with Gasteiger partial charge in [0.05, 0.1) is 23.3 Å². The van der Waals surface area contributed by atoms with Gasteiger partial charge in [-0.2, -0.15) is 24.3 Å². The van der Waals surface area contributed by atoms with Crippen LogP contribution < -0.4 is 9.80 Å². The predicted octanol–water partition coefficient (Wildman–Crippen LogP) is 7.90. The van der Waals surface area contributed by atoms with Crippen LogP contribution in [0, 0.1) is 23.3 Å². The second-order valence-electron chi connectivity index (χ2n) is 9.25. The zero-order chi connectivity index (χ0) is 25.1. The van der Waals surface area contributed by atoms with Gasteiger partial charge in [0.15, 0.2) is 0 Å². The van der Waals surface area contributed by atoms with Gasteiger partial charge in [0, 0.05) is 37.6 Å². The zero-order valence-electron chi connectivity index (χ0n) is 20.5. The minimum atomic E-state index is -0.498. The summed E-state index contributed by atoms with van der Waals surface area (Å²) in [6, 6.07) is 19.9. The molecule has 37 heavy (non-hydrogen) atoms. The van der Waals surface area contributed by atoms with Crippen molar-refractivity contribution >= 4 is 11.4 Å². The fourth-order valence-electron chi connectivity index (χ4n) is 5.10. The first-order valence-corrected chi connectivity index (χ1v) is 12.4. The van der Waals surface area contributed by atoms with E-state index in [4.69, 9.17) is 0 Å². The van der Waals surface area contributed by atoms with Gasteiger partial charge in [-0.25, -0.2) is 0 Å². The standard InChI is InChI=1S/2C15H14F2N.Ti/c2*16-12-7-8-13(18-9-3-4-10-18)15(17)14(12)11-5-1-2-6-11;/h2*1-2,5-8H,3-4,9-10H2;/q2*-1;+2. The molecule has 2 aliphatic rings. The summed E-state index contributed by atoms with van der Waals surface area (Å²) in [5.74, 6) is -1.88. The van der Waals surface area contributed by atoms with Crippen molar-refractivity contribution in [1.29, 1.82) is 0 Å².